The first-order valence-corrected chi connectivity index (χ1v) is 8.41. The van der Waals surface area contributed by atoms with Gasteiger partial charge in [-0.15, -0.1) is 0 Å². The zero-order valence-electron chi connectivity index (χ0n) is 15.4. The normalized spacial score (nSPS) is 10.8. The molecule has 0 saturated carbocycles. The number of nitrogens with two attached hydrogens (primary N) is 1. The van der Waals surface area contributed by atoms with Crippen LogP contribution < -0.4 is 11.3 Å². The van der Waals surface area contributed by atoms with Gasteiger partial charge in [-0.25, -0.2) is 4.68 Å². The van der Waals surface area contributed by atoms with Crippen molar-refractivity contribution in [1.82, 2.24) is 9.78 Å². The van der Waals surface area contributed by atoms with Crippen LogP contribution in [-0.4, -0.2) is 39.2 Å². The van der Waals surface area contributed by atoms with Crippen LogP contribution in [0, 0.1) is 19.8 Å². The molecule has 0 unspecified atom stereocenters. The van der Waals surface area contributed by atoms with Crippen molar-refractivity contribution in [3.63, 3.8) is 0 Å². The molecule has 4 N–H and O–H groups in total. The van der Waals surface area contributed by atoms with Crippen molar-refractivity contribution < 1.29 is 10.2 Å². The summed E-state index contributed by atoms with van der Waals surface area (Å²) in [6.45, 7) is 8.44. The van der Waals surface area contributed by atoms with Crippen molar-refractivity contribution in [3.05, 3.63) is 51.8 Å². The third-order valence-electron chi connectivity index (χ3n) is 3.51. The summed E-state index contributed by atoms with van der Waals surface area (Å²) in [5.41, 5.74) is 8.84. The fraction of sp³-hybridized carbons (Fsp3) is 0.474. The maximum absolute atomic E-state index is 12.0. The summed E-state index contributed by atoms with van der Waals surface area (Å²) in [4.78, 5) is 12.0. The van der Waals surface area contributed by atoms with Crippen LogP contribution >= 0.6 is 0 Å². The molecule has 0 aliphatic rings. The minimum atomic E-state index is -0.454. The maximum Gasteiger partial charge on any atom is 0.269 e. The monoisotopic (exact) mass is 347 g/mol. The van der Waals surface area contributed by atoms with Crippen LogP contribution in [0.5, 0.6) is 0 Å². The fourth-order valence-corrected chi connectivity index (χ4v) is 2.07. The average Bonchev–Trinajstić information content (AvgIpc) is 2.58. The third-order valence-corrected chi connectivity index (χ3v) is 3.51. The Labute approximate surface area is 148 Å². The van der Waals surface area contributed by atoms with Crippen molar-refractivity contribution in [1.29, 1.82) is 0 Å². The number of aromatic nitrogens is 2. The van der Waals surface area contributed by atoms with Gasteiger partial charge in [0, 0.05) is 17.7 Å². The second-order valence-electron chi connectivity index (χ2n) is 6.58. The van der Waals surface area contributed by atoms with E-state index in [1.165, 1.54) is 5.56 Å². The Morgan fingerprint density at radius 2 is 1.68 bits per heavy atom. The molecular weight excluding hydrogens is 318 g/mol. The van der Waals surface area contributed by atoms with E-state index in [4.69, 9.17) is 15.9 Å². The summed E-state index contributed by atoms with van der Waals surface area (Å²) in [6, 6.07) is 9.62. The highest BCUT2D eigenvalue weighted by Gasteiger charge is 2.08. The van der Waals surface area contributed by atoms with E-state index in [1.807, 2.05) is 25.1 Å². The molecule has 0 amide bonds. The molecular formula is C19H29N3O3. The van der Waals surface area contributed by atoms with Crippen LogP contribution in [0.3, 0.4) is 0 Å². The molecule has 6 heteroatoms. The summed E-state index contributed by atoms with van der Waals surface area (Å²) in [5, 5.41) is 20.6. The lowest BCUT2D eigenvalue weighted by atomic mass is 10.1. The molecule has 138 valence electrons. The van der Waals surface area contributed by atoms with Gasteiger partial charge in [0.15, 0.2) is 0 Å². The zero-order chi connectivity index (χ0) is 19.0. The number of aliphatic hydroxyl groups excluding tert-OH is 2. The van der Waals surface area contributed by atoms with Crippen LogP contribution in [0.4, 0.5) is 0 Å². The van der Waals surface area contributed by atoms with Crippen molar-refractivity contribution >= 4 is 0 Å². The van der Waals surface area contributed by atoms with Crippen molar-refractivity contribution in [2.45, 2.75) is 40.3 Å². The predicted octanol–water partition coefficient (Wildman–Crippen LogP) is 1.48. The van der Waals surface area contributed by atoms with Crippen molar-refractivity contribution in [2.24, 2.45) is 11.7 Å². The summed E-state index contributed by atoms with van der Waals surface area (Å²) in [7, 11) is 0. The Morgan fingerprint density at radius 3 is 2.12 bits per heavy atom. The highest BCUT2D eigenvalue weighted by Crippen LogP contribution is 2.17. The number of rotatable bonds is 5. The first-order valence-electron chi connectivity index (χ1n) is 8.41. The summed E-state index contributed by atoms with van der Waals surface area (Å²) in [6.07, 6.45) is 0. The van der Waals surface area contributed by atoms with Crippen LogP contribution in [-0.2, 0) is 6.54 Å². The lowest BCUT2D eigenvalue weighted by Crippen LogP contribution is -2.27. The van der Waals surface area contributed by atoms with Crippen LogP contribution in [0.25, 0.3) is 11.3 Å². The minimum Gasteiger partial charge on any atom is -0.395 e. The molecule has 1 aromatic heterocycles. The topological polar surface area (TPSA) is 101 Å². The number of benzene rings is 1. The van der Waals surface area contributed by atoms with Gasteiger partial charge in [0.2, 0.25) is 0 Å². The first kappa shape index (κ1) is 21.0. The summed E-state index contributed by atoms with van der Waals surface area (Å²) >= 11 is 0. The quantitative estimate of drug-likeness (QED) is 0.760. The number of hydrogen-bond acceptors (Lipinski definition) is 5. The van der Waals surface area contributed by atoms with E-state index < -0.39 is 6.04 Å². The summed E-state index contributed by atoms with van der Waals surface area (Å²) < 4.78 is 1.58. The number of aliphatic hydroxyl groups is 2. The Morgan fingerprint density at radius 1 is 1.12 bits per heavy atom. The van der Waals surface area contributed by atoms with Crippen molar-refractivity contribution in [3.8, 4) is 11.3 Å². The van der Waals surface area contributed by atoms with E-state index in [9.17, 15) is 4.79 Å². The van der Waals surface area contributed by atoms with E-state index in [2.05, 4.69) is 38.0 Å². The standard InChI is InChI=1S/C16H20N2O.C3H9NO2/c1-11(2)10-18-16(19)13(4)9-15(17-18)14-7-5-12(3)6-8-14;4-3(1-5)2-6/h5-9,11H,10H2,1-4H3;3,5-6H,1-2,4H2. The molecule has 0 aliphatic heterocycles. The molecule has 6 nitrogen and oxygen atoms in total. The predicted molar refractivity (Wildman–Crippen MR) is 100 cm³/mol. The van der Waals surface area contributed by atoms with Crippen LogP contribution in [0.1, 0.15) is 25.0 Å². The van der Waals surface area contributed by atoms with Gasteiger partial charge in [0.25, 0.3) is 5.56 Å². The molecule has 0 saturated heterocycles. The van der Waals surface area contributed by atoms with Gasteiger partial charge >= 0.3 is 0 Å². The highest BCUT2D eigenvalue weighted by atomic mass is 16.3. The van der Waals surface area contributed by atoms with E-state index >= 15 is 0 Å². The van der Waals surface area contributed by atoms with Gasteiger partial charge in [-0.2, -0.15) is 5.10 Å². The van der Waals surface area contributed by atoms with Crippen LogP contribution in [0.2, 0.25) is 0 Å². The number of hydrogen-bond donors (Lipinski definition) is 3. The van der Waals surface area contributed by atoms with E-state index in [0.717, 1.165) is 16.8 Å². The Bertz CT molecular complexity index is 705. The molecule has 0 aliphatic carbocycles. The minimum absolute atomic E-state index is 0.00422. The second kappa shape index (κ2) is 10.1. The summed E-state index contributed by atoms with van der Waals surface area (Å²) in [5.74, 6) is 0.401. The van der Waals surface area contributed by atoms with Gasteiger partial charge < -0.3 is 15.9 Å². The molecule has 0 bridgehead atoms. The Hall–Kier alpha value is -2.02. The molecule has 0 atom stereocenters. The van der Waals surface area contributed by atoms with Gasteiger partial charge in [-0.3, -0.25) is 4.79 Å². The van der Waals surface area contributed by atoms with Crippen LogP contribution in [0.15, 0.2) is 35.1 Å². The Kier molecular flexibility index (Phi) is 8.48. The molecule has 25 heavy (non-hydrogen) atoms. The third kappa shape index (κ3) is 6.78. The average molecular weight is 347 g/mol. The molecule has 2 rings (SSSR count). The zero-order valence-corrected chi connectivity index (χ0v) is 15.4. The van der Waals surface area contributed by atoms with E-state index in [-0.39, 0.29) is 18.8 Å². The number of aryl methyl sites for hydroxylation is 2. The van der Waals surface area contributed by atoms with Gasteiger partial charge in [-0.05, 0) is 25.8 Å². The van der Waals surface area contributed by atoms with Gasteiger partial charge in [0.1, 0.15) is 0 Å². The molecule has 0 fully saturated rings. The molecule has 1 aromatic carbocycles. The first-order chi connectivity index (χ1) is 11.8. The second-order valence-corrected chi connectivity index (χ2v) is 6.58. The van der Waals surface area contributed by atoms with Gasteiger partial charge in [-0.1, -0.05) is 43.7 Å². The highest BCUT2D eigenvalue weighted by molar-refractivity contribution is 5.59. The smallest absolute Gasteiger partial charge is 0.269 e. The lowest BCUT2D eigenvalue weighted by Gasteiger charge is -2.11. The lowest BCUT2D eigenvalue weighted by molar-refractivity contribution is 0.194. The van der Waals surface area contributed by atoms with Crippen molar-refractivity contribution in [2.75, 3.05) is 13.2 Å². The molecule has 0 radical (unpaired) electrons. The van der Waals surface area contributed by atoms with E-state index in [1.54, 1.807) is 4.68 Å². The maximum atomic E-state index is 12.0. The number of nitrogens with zero attached hydrogens (tertiary/aromatic N) is 2. The Balaban J connectivity index is 0.000000450. The van der Waals surface area contributed by atoms with Gasteiger partial charge in [0.05, 0.1) is 24.9 Å². The largest absolute Gasteiger partial charge is 0.395 e. The molecule has 1 heterocycles. The molecule has 2 aromatic rings. The SMILES string of the molecule is Cc1ccc(-c2cc(C)c(=O)n(CC(C)C)n2)cc1.NC(CO)CO. The van der Waals surface area contributed by atoms with E-state index in [0.29, 0.717) is 12.5 Å². The fourth-order valence-electron chi connectivity index (χ4n) is 2.07. The molecule has 0 spiro atoms.